The van der Waals surface area contributed by atoms with Crippen LogP contribution in [0.2, 0.25) is 5.02 Å². The van der Waals surface area contributed by atoms with E-state index in [0.29, 0.717) is 51.4 Å². The minimum absolute atomic E-state index is 0.0739. The molecule has 0 bridgehead atoms. The molecule has 8 heteroatoms. The molecule has 0 spiro atoms. The fourth-order valence-corrected chi connectivity index (χ4v) is 3.14. The molecule has 1 aliphatic heterocycles. The number of hydrogen-bond donors (Lipinski definition) is 1. The number of benzene rings is 2. The number of ether oxygens (including phenoxy) is 4. The number of carbonyl (C=O) groups excluding carboxylic acids is 2. The van der Waals surface area contributed by atoms with Crippen LogP contribution in [0.5, 0.6) is 23.0 Å². The summed E-state index contributed by atoms with van der Waals surface area (Å²) >= 11 is 6.30. The minimum atomic E-state index is -0.419. The van der Waals surface area contributed by atoms with Gasteiger partial charge < -0.3 is 24.3 Å². The highest BCUT2D eigenvalue weighted by Crippen LogP contribution is 2.38. The normalized spacial score (nSPS) is 12.1. The van der Waals surface area contributed by atoms with Crippen molar-refractivity contribution in [1.29, 1.82) is 0 Å². The molecule has 158 valence electrons. The summed E-state index contributed by atoms with van der Waals surface area (Å²) in [7, 11) is 1.52. The van der Waals surface area contributed by atoms with Gasteiger partial charge in [0.25, 0.3) is 0 Å². The van der Waals surface area contributed by atoms with Crippen LogP contribution in [-0.4, -0.2) is 32.2 Å². The number of ketones is 1. The average Bonchev–Trinajstić information content (AvgIpc) is 3.17. The third kappa shape index (κ3) is 4.86. The number of carbonyl (C=O) groups is 2. The second kappa shape index (κ2) is 9.54. The number of fused-ring (bicyclic) bond motifs is 1. The number of rotatable bonds is 8. The van der Waals surface area contributed by atoms with Gasteiger partial charge in [0.15, 0.2) is 28.8 Å². The van der Waals surface area contributed by atoms with Crippen molar-refractivity contribution in [2.45, 2.75) is 20.3 Å². The van der Waals surface area contributed by atoms with Crippen molar-refractivity contribution in [3.8, 4) is 23.0 Å². The van der Waals surface area contributed by atoms with E-state index in [4.69, 9.17) is 30.5 Å². The minimum Gasteiger partial charge on any atom is -0.493 e. The van der Waals surface area contributed by atoms with E-state index in [0.717, 1.165) is 6.42 Å². The number of nitrogens with one attached hydrogen (secondary N) is 1. The van der Waals surface area contributed by atoms with Crippen molar-refractivity contribution >= 4 is 35.1 Å². The van der Waals surface area contributed by atoms with Gasteiger partial charge in [-0.3, -0.25) is 9.59 Å². The first-order valence-corrected chi connectivity index (χ1v) is 9.74. The third-order valence-corrected chi connectivity index (χ3v) is 4.56. The lowest BCUT2D eigenvalue weighted by atomic mass is 10.1. The molecule has 0 aliphatic carbocycles. The van der Waals surface area contributed by atoms with Crippen LogP contribution in [0.3, 0.4) is 0 Å². The number of halogens is 1. The van der Waals surface area contributed by atoms with Gasteiger partial charge in [-0.2, -0.15) is 0 Å². The van der Waals surface area contributed by atoms with Crippen LogP contribution in [0.4, 0.5) is 5.69 Å². The van der Waals surface area contributed by atoms with E-state index >= 15 is 0 Å². The molecule has 2 aromatic rings. The van der Waals surface area contributed by atoms with Crippen LogP contribution >= 0.6 is 11.6 Å². The van der Waals surface area contributed by atoms with Crippen molar-refractivity contribution in [3.05, 3.63) is 46.5 Å². The van der Waals surface area contributed by atoms with E-state index in [9.17, 15) is 9.59 Å². The molecule has 0 unspecified atom stereocenters. The Balaban J connectivity index is 1.78. The van der Waals surface area contributed by atoms with Gasteiger partial charge >= 0.3 is 0 Å². The maximum atomic E-state index is 12.4. The molecule has 3 rings (SSSR count). The summed E-state index contributed by atoms with van der Waals surface area (Å²) in [6.07, 6.45) is 3.77. The molecule has 30 heavy (non-hydrogen) atoms. The Morgan fingerprint density at radius 3 is 2.60 bits per heavy atom. The maximum absolute atomic E-state index is 12.4. The molecule has 1 heterocycles. The molecule has 0 radical (unpaired) electrons. The monoisotopic (exact) mass is 431 g/mol. The summed E-state index contributed by atoms with van der Waals surface area (Å²) in [5.74, 6) is 1.27. The average molecular weight is 432 g/mol. The Bertz CT molecular complexity index is 1000. The van der Waals surface area contributed by atoms with Crippen LogP contribution in [0.15, 0.2) is 30.3 Å². The molecular formula is C22H22ClNO6. The third-order valence-electron chi connectivity index (χ3n) is 4.28. The molecule has 1 amide bonds. The van der Waals surface area contributed by atoms with Gasteiger partial charge in [0.1, 0.15) is 0 Å². The lowest BCUT2D eigenvalue weighted by Crippen LogP contribution is -2.11. The number of methoxy groups -OCH3 is 1. The first kappa shape index (κ1) is 21.5. The Morgan fingerprint density at radius 1 is 1.20 bits per heavy atom. The van der Waals surface area contributed by atoms with Crippen molar-refractivity contribution in [3.63, 3.8) is 0 Å². The molecule has 7 nitrogen and oxygen atoms in total. The first-order chi connectivity index (χ1) is 14.4. The first-order valence-electron chi connectivity index (χ1n) is 9.37. The quantitative estimate of drug-likeness (QED) is 0.481. The molecule has 0 aromatic heterocycles. The summed E-state index contributed by atoms with van der Waals surface area (Å²) in [6.45, 7) is 4.00. The number of amides is 1. The zero-order valence-corrected chi connectivity index (χ0v) is 17.7. The van der Waals surface area contributed by atoms with Crippen LogP contribution in [0.1, 0.15) is 36.2 Å². The summed E-state index contributed by atoms with van der Waals surface area (Å²) in [5.41, 5.74) is 1.34. The molecule has 1 aliphatic rings. The predicted molar refractivity (Wildman–Crippen MR) is 114 cm³/mol. The Kier molecular flexibility index (Phi) is 6.84. The standard InChI is InChI=1S/C22H22ClNO6/c1-4-7-28-22-16(23)8-14(9-20(22)27-3)5-6-21(26)24-17-11-19-18(29-12-30-19)10-15(17)13(2)25/h5-6,8-11H,4,7,12H2,1-3H3,(H,24,26)/b6-5+. The number of anilines is 1. The van der Waals surface area contributed by atoms with Gasteiger partial charge in [0.2, 0.25) is 12.7 Å². The van der Waals surface area contributed by atoms with Crippen LogP contribution in [0, 0.1) is 0 Å². The lowest BCUT2D eigenvalue weighted by molar-refractivity contribution is -0.111. The smallest absolute Gasteiger partial charge is 0.248 e. The topological polar surface area (TPSA) is 83.1 Å². The van der Waals surface area contributed by atoms with Crippen LogP contribution < -0.4 is 24.3 Å². The van der Waals surface area contributed by atoms with E-state index in [-0.39, 0.29) is 12.6 Å². The summed E-state index contributed by atoms with van der Waals surface area (Å²) in [5, 5.41) is 3.09. The SMILES string of the molecule is CCCOc1c(Cl)cc(/C=C/C(=O)Nc2cc3c(cc2C(C)=O)OCO3)cc1OC. The van der Waals surface area contributed by atoms with E-state index in [1.54, 1.807) is 30.3 Å². The zero-order chi connectivity index (χ0) is 21.7. The molecule has 2 aromatic carbocycles. The van der Waals surface area contributed by atoms with Gasteiger partial charge in [-0.05, 0) is 43.2 Å². The number of hydrogen-bond acceptors (Lipinski definition) is 6. The van der Waals surface area contributed by atoms with Crippen molar-refractivity contribution in [2.24, 2.45) is 0 Å². The summed E-state index contributed by atoms with van der Waals surface area (Å²) < 4.78 is 21.6. The summed E-state index contributed by atoms with van der Waals surface area (Å²) in [6, 6.07) is 6.54. The highest BCUT2D eigenvalue weighted by atomic mass is 35.5. The van der Waals surface area contributed by atoms with Crippen molar-refractivity contribution in [2.75, 3.05) is 25.8 Å². The fraction of sp³-hybridized carbons (Fsp3) is 0.273. The maximum Gasteiger partial charge on any atom is 0.248 e. The second-order valence-corrected chi connectivity index (χ2v) is 6.92. The molecule has 0 saturated carbocycles. The van der Waals surface area contributed by atoms with Crippen molar-refractivity contribution < 1.29 is 28.5 Å². The molecule has 0 fully saturated rings. The molecule has 0 saturated heterocycles. The van der Waals surface area contributed by atoms with E-state index < -0.39 is 5.91 Å². The van der Waals surface area contributed by atoms with Crippen LogP contribution in [0.25, 0.3) is 6.08 Å². The van der Waals surface area contributed by atoms with Crippen LogP contribution in [-0.2, 0) is 4.79 Å². The Morgan fingerprint density at radius 2 is 1.93 bits per heavy atom. The van der Waals surface area contributed by atoms with Gasteiger partial charge in [-0.15, -0.1) is 0 Å². The Labute approximate surface area is 179 Å². The van der Waals surface area contributed by atoms with Gasteiger partial charge in [0, 0.05) is 17.7 Å². The van der Waals surface area contributed by atoms with Gasteiger partial charge in [-0.1, -0.05) is 18.5 Å². The van der Waals surface area contributed by atoms with E-state index in [1.807, 2.05) is 6.92 Å². The highest BCUT2D eigenvalue weighted by molar-refractivity contribution is 6.32. The Hall–Kier alpha value is -3.19. The molecular weight excluding hydrogens is 410 g/mol. The lowest BCUT2D eigenvalue weighted by Gasteiger charge is -2.12. The zero-order valence-electron chi connectivity index (χ0n) is 16.9. The predicted octanol–water partition coefficient (Wildman–Crippen LogP) is 4.72. The summed E-state index contributed by atoms with van der Waals surface area (Å²) in [4.78, 5) is 24.4. The largest absolute Gasteiger partial charge is 0.493 e. The molecule has 0 atom stereocenters. The second-order valence-electron chi connectivity index (χ2n) is 6.51. The van der Waals surface area contributed by atoms with Crippen molar-refractivity contribution in [1.82, 2.24) is 0 Å². The van der Waals surface area contributed by atoms with E-state index in [2.05, 4.69) is 5.32 Å². The van der Waals surface area contributed by atoms with E-state index in [1.165, 1.54) is 20.1 Å². The van der Waals surface area contributed by atoms with Gasteiger partial charge in [0.05, 0.1) is 24.4 Å². The highest BCUT2D eigenvalue weighted by Gasteiger charge is 2.20. The van der Waals surface area contributed by atoms with Gasteiger partial charge in [-0.25, -0.2) is 0 Å². The molecule has 1 N–H and O–H groups in total. The fourth-order valence-electron chi connectivity index (χ4n) is 2.86. The number of Topliss-reactive ketones (excluding diaryl/α,β-unsaturated/α-hetero) is 1.